The molecule has 2 aliphatic rings. The maximum atomic E-state index is 14.1. The quantitative estimate of drug-likeness (QED) is 0.465. The zero-order valence-electron chi connectivity index (χ0n) is 20.2. The normalized spacial score (nSPS) is 19.6. The summed E-state index contributed by atoms with van der Waals surface area (Å²) in [6.45, 7) is 6.74. The van der Waals surface area contributed by atoms with Crippen molar-refractivity contribution in [3.63, 3.8) is 0 Å². The molecule has 2 heterocycles. The van der Waals surface area contributed by atoms with Crippen molar-refractivity contribution in [2.45, 2.75) is 38.0 Å². The lowest BCUT2D eigenvalue weighted by molar-refractivity contribution is 0.183. The first-order valence-electron chi connectivity index (χ1n) is 12.4. The van der Waals surface area contributed by atoms with Crippen LogP contribution in [-0.4, -0.2) is 48.0 Å². The van der Waals surface area contributed by atoms with Gasteiger partial charge in [0.05, 0.1) is 6.61 Å². The topological polar surface area (TPSA) is 62.2 Å². The van der Waals surface area contributed by atoms with Crippen LogP contribution < -0.4 is 9.47 Å². The number of halogens is 1. The van der Waals surface area contributed by atoms with Gasteiger partial charge in [-0.3, -0.25) is 4.90 Å². The minimum Gasteiger partial charge on any atom is -0.508 e. The highest BCUT2D eigenvalue weighted by Crippen LogP contribution is 2.45. The minimum absolute atomic E-state index is 0.0144. The van der Waals surface area contributed by atoms with Crippen molar-refractivity contribution < 1.29 is 24.1 Å². The lowest BCUT2D eigenvalue weighted by atomic mass is 9.81. The standard InChI is InChI=1S/C16H15FO3.C13H19NO/c1-9-12(10-2-4-11(18)5-3-10)8-20-14-7-6-13(19)16(17)15(9)14;1-3-7-13(8-4-1)15-12-11-14-9-5-2-6-10-14/h2-7,9,12,18-19H,8H2,1H3;1,3-4,7-8H,2,5-6,9-12H2/t9-,12+;/m0./s1. The van der Waals surface area contributed by atoms with Crippen molar-refractivity contribution in [2.75, 3.05) is 32.8 Å². The Labute approximate surface area is 206 Å². The number of phenolic OH excluding ortho intramolecular Hbond substituents is 2. The summed E-state index contributed by atoms with van der Waals surface area (Å²) in [5, 5.41) is 18.9. The summed E-state index contributed by atoms with van der Waals surface area (Å²) < 4.78 is 25.4. The molecule has 1 saturated heterocycles. The highest BCUT2D eigenvalue weighted by atomic mass is 19.1. The van der Waals surface area contributed by atoms with E-state index < -0.39 is 5.82 Å². The third-order valence-electron chi connectivity index (χ3n) is 6.79. The molecule has 5 rings (SSSR count). The van der Waals surface area contributed by atoms with Crippen molar-refractivity contribution in [1.82, 2.24) is 4.90 Å². The predicted octanol–water partition coefficient (Wildman–Crippen LogP) is 6.07. The van der Waals surface area contributed by atoms with Gasteiger partial charge in [-0.1, -0.05) is 43.7 Å². The number of aromatic hydroxyl groups is 2. The number of nitrogens with zero attached hydrogens (tertiary/aromatic N) is 1. The van der Waals surface area contributed by atoms with Crippen LogP contribution in [0.2, 0.25) is 0 Å². The lowest BCUT2D eigenvalue weighted by Crippen LogP contribution is -2.33. The third kappa shape index (κ3) is 6.45. The Hall–Kier alpha value is -3.25. The molecule has 0 aromatic heterocycles. The van der Waals surface area contributed by atoms with Crippen molar-refractivity contribution in [2.24, 2.45) is 0 Å². The van der Waals surface area contributed by atoms with Gasteiger partial charge in [0.25, 0.3) is 0 Å². The number of para-hydroxylation sites is 1. The molecule has 0 bridgehead atoms. The summed E-state index contributed by atoms with van der Waals surface area (Å²) in [4.78, 5) is 2.49. The van der Waals surface area contributed by atoms with E-state index in [0.717, 1.165) is 24.5 Å². The maximum absolute atomic E-state index is 14.1. The number of ether oxygens (including phenoxy) is 2. The van der Waals surface area contributed by atoms with E-state index in [0.29, 0.717) is 17.9 Å². The van der Waals surface area contributed by atoms with Gasteiger partial charge in [0.2, 0.25) is 0 Å². The second-order valence-electron chi connectivity index (χ2n) is 9.17. The second-order valence-corrected chi connectivity index (χ2v) is 9.17. The van der Waals surface area contributed by atoms with E-state index in [-0.39, 0.29) is 23.3 Å². The number of piperidine rings is 1. The second kappa shape index (κ2) is 11.9. The SMILES string of the molecule is C[C@@H]1c2c(ccc(O)c2F)OC[C@H]1c1ccc(O)cc1.c1ccc(OCCN2CCCCC2)cc1. The fraction of sp³-hybridized carbons (Fsp3) is 0.379. The zero-order chi connectivity index (χ0) is 24.6. The molecule has 35 heavy (non-hydrogen) atoms. The molecule has 0 unspecified atom stereocenters. The van der Waals surface area contributed by atoms with Gasteiger partial charge >= 0.3 is 0 Å². The summed E-state index contributed by atoms with van der Waals surface area (Å²) in [6, 6.07) is 19.8. The molecule has 186 valence electrons. The van der Waals surface area contributed by atoms with Crippen LogP contribution in [-0.2, 0) is 0 Å². The van der Waals surface area contributed by atoms with E-state index in [1.165, 1.54) is 38.4 Å². The summed E-state index contributed by atoms with van der Waals surface area (Å²) in [5.41, 5.74) is 1.39. The highest BCUT2D eigenvalue weighted by Gasteiger charge is 2.32. The van der Waals surface area contributed by atoms with Gasteiger partial charge in [-0.2, -0.15) is 0 Å². The van der Waals surface area contributed by atoms with Gasteiger partial charge in [0, 0.05) is 18.0 Å². The fourth-order valence-corrected chi connectivity index (χ4v) is 4.74. The molecule has 0 amide bonds. The molecule has 5 nitrogen and oxygen atoms in total. The molecule has 0 radical (unpaired) electrons. The van der Waals surface area contributed by atoms with Crippen LogP contribution >= 0.6 is 0 Å². The molecule has 6 heteroatoms. The number of fused-ring (bicyclic) bond motifs is 1. The molecule has 2 aliphatic heterocycles. The Morgan fingerprint density at radius 3 is 2.37 bits per heavy atom. The summed E-state index contributed by atoms with van der Waals surface area (Å²) in [6.07, 6.45) is 4.10. The number of rotatable bonds is 5. The molecule has 3 aromatic carbocycles. The van der Waals surface area contributed by atoms with Crippen molar-refractivity contribution >= 4 is 0 Å². The molecular formula is C29H34FNO4. The number of likely N-dealkylation sites (tertiary alicyclic amines) is 1. The lowest BCUT2D eigenvalue weighted by Gasteiger charge is -2.32. The van der Waals surface area contributed by atoms with Gasteiger partial charge in [0.15, 0.2) is 11.6 Å². The van der Waals surface area contributed by atoms with E-state index in [2.05, 4.69) is 4.90 Å². The van der Waals surface area contributed by atoms with Crippen LogP contribution in [0, 0.1) is 5.82 Å². The monoisotopic (exact) mass is 479 g/mol. The Bertz CT molecular complexity index is 1070. The smallest absolute Gasteiger partial charge is 0.171 e. The van der Waals surface area contributed by atoms with Crippen LogP contribution in [0.15, 0.2) is 66.7 Å². The van der Waals surface area contributed by atoms with Gasteiger partial charge in [-0.15, -0.1) is 0 Å². The molecule has 0 spiro atoms. The first-order valence-corrected chi connectivity index (χ1v) is 12.4. The van der Waals surface area contributed by atoms with Crippen molar-refractivity contribution in [1.29, 1.82) is 0 Å². The van der Waals surface area contributed by atoms with Crippen LogP contribution in [0.5, 0.6) is 23.0 Å². The van der Waals surface area contributed by atoms with Crippen molar-refractivity contribution in [3.05, 3.63) is 83.7 Å². The van der Waals surface area contributed by atoms with Gasteiger partial charge in [-0.05, 0) is 73.8 Å². The Morgan fingerprint density at radius 2 is 1.66 bits per heavy atom. The first kappa shape index (κ1) is 24.9. The largest absolute Gasteiger partial charge is 0.508 e. The fourth-order valence-electron chi connectivity index (χ4n) is 4.74. The number of benzene rings is 3. The molecule has 2 N–H and O–H groups in total. The third-order valence-corrected chi connectivity index (χ3v) is 6.79. The van der Waals surface area contributed by atoms with E-state index >= 15 is 0 Å². The minimum atomic E-state index is -0.613. The van der Waals surface area contributed by atoms with Crippen LogP contribution in [0.3, 0.4) is 0 Å². The van der Waals surface area contributed by atoms with Crippen LogP contribution in [0.4, 0.5) is 4.39 Å². The molecule has 1 fully saturated rings. The van der Waals surface area contributed by atoms with E-state index in [4.69, 9.17) is 9.47 Å². The van der Waals surface area contributed by atoms with Gasteiger partial charge in [0.1, 0.15) is 23.9 Å². The average molecular weight is 480 g/mol. The number of hydrogen-bond donors (Lipinski definition) is 2. The average Bonchev–Trinajstić information content (AvgIpc) is 2.89. The zero-order valence-corrected chi connectivity index (χ0v) is 20.2. The number of phenols is 2. The maximum Gasteiger partial charge on any atom is 0.171 e. The summed E-state index contributed by atoms with van der Waals surface area (Å²) in [5.74, 6) is 0.568. The Balaban J connectivity index is 0.000000172. The Kier molecular flexibility index (Phi) is 8.48. The van der Waals surface area contributed by atoms with E-state index in [1.54, 1.807) is 18.2 Å². The predicted molar refractivity (Wildman–Crippen MR) is 135 cm³/mol. The van der Waals surface area contributed by atoms with Crippen LogP contribution in [0.25, 0.3) is 0 Å². The molecule has 0 aliphatic carbocycles. The summed E-state index contributed by atoms with van der Waals surface area (Å²) in [7, 11) is 0. The Morgan fingerprint density at radius 1 is 0.943 bits per heavy atom. The first-order chi connectivity index (χ1) is 17.0. The summed E-state index contributed by atoms with van der Waals surface area (Å²) >= 11 is 0. The van der Waals surface area contributed by atoms with Gasteiger partial charge < -0.3 is 19.7 Å². The van der Waals surface area contributed by atoms with Gasteiger partial charge in [-0.25, -0.2) is 4.39 Å². The van der Waals surface area contributed by atoms with E-state index in [9.17, 15) is 14.6 Å². The number of hydrogen-bond acceptors (Lipinski definition) is 5. The molecule has 2 atom stereocenters. The van der Waals surface area contributed by atoms with Crippen molar-refractivity contribution in [3.8, 4) is 23.0 Å². The molecule has 0 saturated carbocycles. The molecule has 3 aromatic rings. The van der Waals surface area contributed by atoms with E-state index in [1.807, 2.05) is 49.4 Å². The molecular weight excluding hydrogens is 445 g/mol. The van der Waals surface area contributed by atoms with Crippen LogP contribution in [0.1, 0.15) is 49.1 Å². The highest BCUT2D eigenvalue weighted by molar-refractivity contribution is 5.47.